The van der Waals surface area contributed by atoms with E-state index in [4.69, 9.17) is 9.47 Å². The Hall–Kier alpha value is -0.160. The zero-order chi connectivity index (χ0) is 11.8. The van der Waals surface area contributed by atoms with Gasteiger partial charge in [-0.1, -0.05) is 6.92 Å². The van der Waals surface area contributed by atoms with Crippen LogP contribution in [0.3, 0.4) is 0 Å². The molecule has 1 aliphatic heterocycles. The van der Waals surface area contributed by atoms with E-state index in [9.17, 15) is 0 Å². The van der Waals surface area contributed by atoms with Crippen molar-refractivity contribution in [1.82, 2.24) is 10.2 Å². The summed E-state index contributed by atoms with van der Waals surface area (Å²) >= 11 is 0. The molecule has 96 valence electrons. The number of nitrogens with zero attached hydrogens (tertiary/aromatic N) is 1. The Labute approximate surface area is 99.3 Å². The molecule has 4 nitrogen and oxygen atoms in total. The Morgan fingerprint density at radius 2 is 2.38 bits per heavy atom. The summed E-state index contributed by atoms with van der Waals surface area (Å²) in [6.07, 6.45) is 2.83. The van der Waals surface area contributed by atoms with Crippen LogP contribution in [0.25, 0.3) is 0 Å². The van der Waals surface area contributed by atoms with Gasteiger partial charge in [-0.2, -0.15) is 0 Å². The fourth-order valence-corrected chi connectivity index (χ4v) is 2.10. The van der Waals surface area contributed by atoms with Crippen molar-refractivity contribution >= 4 is 0 Å². The third-order valence-electron chi connectivity index (χ3n) is 3.13. The molecule has 0 radical (unpaired) electrons. The lowest BCUT2D eigenvalue weighted by Gasteiger charge is -2.29. The number of likely N-dealkylation sites (N-methyl/N-ethyl adjacent to an activating group) is 2. The number of hydrogen-bond acceptors (Lipinski definition) is 4. The monoisotopic (exact) mass is 230 g/mol. The van der Waals surface area contributed by atoms with Crippen LogP contribution in [0.1, 0.15) is 19.8 Å². The highest BCUT2D eigenvalue weighted by molar-refractivity contribution is 4.76. The Morgan fingerprint density at radius 1 is 1.56 bits per heavy atom. The van der Waals surface area contributed by atoms with Crippen molar-refractivity contribution in [2.45, 2.75) is 31.9 Å². The van der Waals surface area contributed by atoms with Crippen LogP contribution in [0.4, 0.5) is 0 Å². The summed E-state index contributed by atoms with van der Waals surface area (Å²) in [4.78, 5) is 2.35. The highest BCUT2D eigenvalue weighted by atomic mass is 16.5. The van der Waals surface area contributed by atoms with Gasteiger partial charge in [-0.05, 0) is 26.4 Å². The predicted molar refractivity (Wildman–Crippen MR) is 65.8 cm³/mol. The molecule has 0 amide bonds. The van der Waals surface area contributed by atoms with Crippen molar-refractivity contribution in [1.29, 1.82) is 0 Å². The van der Waals surface area contributed by atoms with Crippen LogP contribution < -0.4 is 5.32 Å². The maximum atomic E-state index is 5.65. The molecule has 1 aliphatic rings. The van der Waals surface area contributed by atoms with E-state index >= 15 is 0 Å². The van der Waals surface area contributed by atoms with E-state index in [0.717, 1.165) is 32.8 Å². The number of rotatable bonds is 8. The van der Waals surface area contributed by atoms with Gasteiger partial charge in [-0.3, -0.25) is 4.90 Å². The van der Waals surface area contributed by atoms with Gasteiger partial charge in [0.1, 0.15) is 0 Å². The van der Waals surface area contributed by atoms with Crippen molar-refractivity contribution in [3.63, 3.8) is 0 Å². The minimum absolute atomic E-state index is 0.422. The first-order chi connectivity index (χ1) is 7.77. The Kier molecular flexibility index (Phi) is 6.96. The van der Waals surface area contributed by atoms with Crippen LogP contribution in [0.15, 0.2) is 0 Å². The molecular formula is C12H26N2O2. The molecule has 2 unspecified atom stereocenters. The second-order valence-electron chi connectivity index (χ2n) is 4.49. The van der Waals surface area contributed by atoms with E-state index in [2.05, 4.69) is 24.2 Å². The second-order valence-corrected chi connectivity index (χ2v) is 4.49. The SMILES string of the molecule is CCNCC(COC)N(C)CC1CCCO1. The molecule has 0 bridgehead atoms. The first-order valence-electron chi connectivity index (χ1n) is 6.29. The average Bonchev–Trinajstić information content (AvgIpc) is 2.76. The molecule has 0 aromatic carbocycles. The number of ether oxygens (including phenoxy) is 2. The van der Waals surface area contributed by atoms with Crippen molar-refractivity contribution in [2.75, 3.05) is 47.0 Å². The molecule has 16 heavy (non-hydrogen) atoms. The molecule has 0 aromatic rings. The summed E-state index contributed by atoms with van der Waals surface area (Å²) in [6, 6.07) is 0.439. The summed E-state index contributed by atoms with van der Waals surface area (Å²) in [5.74, 6) is 0. The predicted octanol–water partition coefficient (Wildman–Crippen LogP) is 0.722. The lowest BCUT2D eigenvalue weighted by atomic mass is 10.2. The molecule has 2 atom stereocenters. The summed E-state index contributed by atoms with van der Waals surface area (Å²) in [6.45, 7) is 6.84. The zero-order valence-electron chi connectivity index (χ0n) is 10.9. The first-order valence-corrected chi connectivity index (χ1v) is 6.29. The van der Waals surface area contributed by atoms with Crippen LogP contribution in [0.5, 0.6) is 0 Å². The van der Waals surface area contributed by atoms with Crippen LogP contribution in [-0.4, -0.2) is 64.1 Å². The summed E-state index contributed by atoms with van der Waals surface area (Å²) in [7, 11) is 3.92. The van der Waals surface area contributed by atoms with E-state index in [0.29, 0.717) is 12.1 Å². The van der Waals surface area contributed by atoms with Gasteiger partial charge in [-0.25, -0.2) is 0 Å². The standard InChI is InChI=1S/C12H26N2O2/c1-4-13-8-11(10-15-3)14(2)9-12-6-5-7-16-12/h11-13H,4-10H2,1-3H3. The minimum Gasteiger partial charge on any atom is -0.383 e. The fraction of sp³-hybridized carbons (Fsp3) is 1.00. The topological polar surface area (TPSA) is 33.7 Å². The van der Waals surface area contributed by atoms with Gasteiger partial charge in [0.2, 0.25) is 0 Å². The largest absolute Gasteiger partial charge is 0.383 e. The normalized spacial score (nSPS) is 22.9. The Morgan fingerprint density at radius 3 is 2.94 bits per heavy atom. The van der Waals surface area contributed by atoms with Crippen molar-refractivity contribution in [3.8, 4) is 0 Å². The minimum atomic E-state index is 0.422. The van der Waals surface area contributed by atoms with Crippen LogP contribution >= 0.6 is 0 Å². The molecule has 0 spiro atoms. The van der Waals surface area contributed by atoms with E-state index in [1.807, 2.05) is 0 Å². The van der Waals surface area contributed by atoms with Gasteiger partial charge >= 0.3 is 0 Å². The lowest BCUT2D eigenvalue weighted by molar-refractivity contribution is 0.0461. The molecule has 0 aromatic heterocycles. The smallest absolute Gasteiger partial charge is 0.0702 e. The van der Waals surface area contributed by atoms with Crippen LogP contribution in [0, 0.1) is 0 Å². The van der Waals surface area contributed by atoms with Gasteiger partial charge in [0.15, 0.2) is 0 Å². The third kappa shape index (κ3) is 4.78. The van der Waals surface area contributed by atoms with Gasteiger partial charge in [0.05, 0.1) is 12.7 Å². The summed E-state index contributed by atoms with van der Waals surface area (Å²) in [5.41, 5.74) is 0. The molecule has 1 N–H and O–H groups in total. The van der Waals surface area contributed by atoms with E-state index in [1.54, 1.807) is 7.11 Å². The van der Waals surface area contributed by atoms with Crippen molar-refractivity contribution in [2.24, 2.45) is 0 Å². The Bertz CT molecular complexity index is 172. The first kappa shape index (κ1) is 13.9. The maximum absolute atomic E-state index is 5.65. The molecule has 4 heteroatoms. The van der Waals surface area contributed by atoms with E-state index < -0.39 is 0 Å². The molecule has 1 saturated heterocycles. The molecule has 1 fully saturated rings. The van der Waals surface area contributed by atoms with Crippen molar-refractivity contribution < 1.29 is 9.47 Å². The highest BCUT2D eigenvalue weighted by Gasteiger charge is 2.21. The quantitative estimate of drug-likeness (QED) is 0.666. The molecular weight excluding hydrogens is 204 g/mol. The van der Waals surface area contributed by atoms with Gasteiger partial charge in [0.25, 0.3) is 0 Å². The van der Waals surface area contributed by atoms with Gasteiger partial charge in [-0.15, -0.1) is 0 Å². The fourth-order valence-electron chi connectivity index (χ4n) is 2.10. The summed E-state index contributed by atoms with van der Waals surface area (Å²) < 4.78 is 10.9. The number of nitrogens with one attached hydrogen (secondary N) is 1. The zero-order valence-corrected chi connectivity index (χ0v) is 10.9. The lowest BCUT2D eigenvalue weighted by Crippen LogP contribution is -2.45. The highest BCUT2D eigenvalue weighted by Crippen LogP contribution is 2.13. The Balaban J connectivity index is 2.29. The van der Waals surface area contributed by atoms with E-state index in [1.165, 1.54) is 12.8 Å². The average molecular weight is 230 g/mol. The molecule has 1 heterocycles. The number of methoxy groups -OCH3 is 1. The molecule has 0 aliphatic carbocycles. The molecule has 1 rings (SSSR count). The second kappa shape index (κ2) is 8.01. The van der Waals surface area contributed by atoms with E-state index in [-0.39, 0.29) is 0 Å². The van der Waals surface area contributed by atoms with Gasteiger partial charge in [0, 0.05) is 32.8 Å². The van der Waals surface area contributed by atoms with Crippen LogP contribution in [0.2, 0.25) is 0 Å². The van der Waals surface area contributed by atoms with Crippen LogP contribution in [-0.2, 0) is 9.47 Å². The third-order valence-corrected chi connectivity index (χ3v) is 3.13. The summed E-state index contributed by atoms with van der Waals surface area (Å²) in [5, 5.41) is 3.38. The van der Waals surface area contributed by atoms with Crippen molar-refractivity contribution in [3.05, 3.63) is 0 Å². The molecule has 0 saturated carbocycles. The number of hydrogen-bond donors (Lipinski definition) is 1. The van der Waals surface area contributed by atoms with Gasteiger partial charge < -0.3 is 14.8 Å². The maximum Gasteiger partial charge on any atom is 0.0702 e.